The molecule has 0 bridgehead atoms. The SMILES string of the molecule is CCCNC1CC(N)C12CCOCC2. The minimum Gasteiger partial charge on any atom is -0.381 e. The van der Waals surface area contributed by atoms with Gasteiger partial charge in [-0.15, -0.1) is 0 Å². The van der Waals surface area contributed by atoms with Crippen LogP contribution in [0.3, 0.4) is 0 Å². The molecular formula is C11H22N2O. The lowest BCUT2D eigenvalue weighted by atomic mass is 9.56. The second-order valence-electron chi connectivity index (χ2n) is 4.69. The predicted octanol–water partition coefficient (Wildman–Crippen LogP) is 0.882. The van der Waals surface area contributed by atoms with E-state index < -0.39 is 0 Å². The van der Waals surface area contributed by atoms with Crippen LogP contribution in [-0.4, -0.2) is 31.8 Å². The van der Waals surface area contributed by atoms with Crippen molar-refractivity contribution in [3.63, 3.8) is 0 Å². The fourth-order valence-corrected chi connectivity index (χ4v) is 2.90. The van der Waals surface area contributed by atoms with Gasteiger partial charge >= 0.3 is 0 Å². The van der Waals surface area contributed by atoms with Gasteiger partial charge in [0.05, 0.1) is 0 Å². The number of nitrogens with two attached hydrogens (primary N) is 1. The van der Waals surface area contributed by atoms with Crippen LogP contribution < -0.4 is 11.1 Å². The maximum Gasteiger partial charge on any atom is 0.0472 e. The Hall–Kier alpha value is -0.120. The van der Waals surface area contributed by atoms with Gasteiger partial charge in [-0.1, -0.05) is 6.92 Å². The molecule has 1 heterocycles. The van der Waals surface area contributed by atoms with Crippen LogP contribution in [-0.2, 0) is 4.74 Å². The van der Waals surface area contributed by atoms with E-state index >= 15 is 0 Å². The molecule has 1 saturated heterocycles. The summed E-state index contributed by atoms with van der Waals surface area (Å²) in [4.78, 5) is 0. The minimum absolute atomic E-state index is 0.368. The van der Waals surface area contributed by atoms with E-state index in [0.717, 1.165) is 39.0 Å². The third kappa shape index (κ3) is 1.58. The third-order valence-electron chi connectivity index (χ3n) is 3.99. The second-order valence-corrected chi connectivity index (χ2v) is 4.69. The van der Waals surface area contributed by atoms with E-state index in [1.807, 2.05) is 0 Å². The average Bonchev–Trinajstić information content (AvgIpc) is 2.25. The molecule has 82 valence electrons. The maximum atomic E-state index is 6.15. The van der Waals surface area contributed by atoms with Crippen LogP contribution in [0.5, 0.6) is 0 Å². The van der Waals surface area contributed by atoms with Crippen molar-refractivity contribution in [3.05, 3.63) is 0 Å². The highest BCUT2D eigenvalue weighted by Crippen LogP contribution is 2.47. The molecule has 3 heteroatoms. The molecule has 2 atom stereocenters. The van der Waals surface area contributed by atoms with Crippen molar-refractivity contribution in [3.8, 4) is 0 Å². The standard InChI is InChI=1S/C11H22N2O/c1-2-5-13-10-8-9(12)11(10)3-6-14-7-4-11/h9-10,13H,2-8,12H2,1H3. The van der Waals surface area contributed by atoms with E-state index in [1.165, 1.54) is 6.42 Å². The van der Waals surface area contributed by atoms with Crippen molar-refractivity contribution in [1.29, 1.82) is 0 Å². The Balaban J connectivity index is 1.92. The van der Waals surface area contributed by atoms with Crippen molar-refractivity contribution >= 4 is 0 Å². The highest BCUT2D eigenvalue weighted by molar-refractivity contribution is 5.09. The Bertz CT molecular complexity index is 190. The molecule has 14 heavy (non-hydrogen) atoms. The molecule has 3 N–H and O–H groups in total. The van der Waals surface area contributed by atoms with E-state index in [2.05, 4.69) is 12.2 Å². The molecule has 2 rings (SSSR count). The molecule has 0 radical (unpaired) electrons. The summed E-state index contributed by atoms with van der Waals surface area (Å²) in [6, 6.07) is 1.06. The molecule has 0 aromatic rings. The highest BCUT2D eigenvalue weighted by atomic mass is 16.5. The lowest BCUT2D eigenvalue weighted by Crippen LogP contribution is -2.67. The predicted molar refractivity (Wildman–Crippen MR) is 57.2 cm³/mol. The second kappa shape index (κ2) is 4.17. The summed E-state index contributed by atoms with van der Waals surface area (Å²) in [7, 11) is 0. The molecule has 2 unspecified atom stereocenters. The molecule has 2 aliphatic rings. The lowest BCUT2D eigenvalue weighted by molar-refractivity contribution is -0.0706. The van der Waals surface area contributed by atoms with Crippen LogP contribution in [0.1, 0.15) is 32.6 Å². The van der Waals surface area contributed by atoms with Crippen LogP contribution in [0.2, 0.25) is 0 Å². The zero-order valence-electron chi connectivity index (χ0n) is 9.09. The van der Waals surface area contributed by atoms with Crippen molar-refractivity contribution in [1.82, 2.24) is 5.32 Å². The first kappa shape index (κ1) is 10.4. The molecule has 2 fully saturated rings. The van der Waals surface area contributed by atoms with Gasteiger partial charge in [0.15, 0.2) is 0 Å². The molecule has 0 aromatic carbocycles. The molecule has 3 nitrogen and oxygen atoms in total. The Kier molecular flexibility index (Phi) is 3.10. The molecule has 0 aromatic heterocycles. The molecule has 1 aliphatic heterocycles. The van der Waals surface area contributed by atoms with Gasteiger partial charge in [-0.05, 0) is 32.2 Å². The fraction of sp³-hybridized carbons (Fsp3) is 1.00. The Morgan fingerprint density at radius 3 is 2.71 bits per heavy atom. The highest BCUT2D eigenvalue weighted by Gasteiger charge is 2.53. The molecule has 0 amide bonds. The molecule has 1 spiro atoms. The fourth-order valence-electron chi connectivity index (χ4n) is 2.90. The van der Waals surface area contributed by atoms with E-state index in [-0.39, 0.29) is 0 Å². The number of ether oxygens (including phenoxy) is 1. The number of nitrogens with one attached hydrogen (secondary N) is 1. The van der Waals surface area contributed by atoms with Gasteiger partial charge < -0.3 is 15.8 Å². The van der Waals surface area contributed by atoms with E-state index in [1.54, 1.807) is 0 Å². The van der Waals surface area contributed by atoms with E-state index in [4.69, 9.17) is 10.5 Å². The van der Waals surface area contributed by atoms with Gasteiger partial charge in [-0.2, -0.15) is 0 Å². The molecular weight excluding hydrogens is 176 g/mol. The van der Waals surface area contributed by atoms with Crippen molar-refractivity contribution < 1.29 is 4.74 Å². The van der Waals surface area contributed by atoms with Gasteiger partial charge in [0, 0.05) is 30.7 Å². The van der Waals surface area contributed by atoms with E-state index in [0.29, 0.717) is 17.5 Å². The topological polar surface area (TPSA) is 47.3 Å². The normalized spacial score (nSPS) is 35.6. The van der Waals surface area contributed by atoms with Crippen LogP contribution in [0, 0.1) is 5.41 Å². The lowest BCUT2D eigenvalue weighted by Gasteiger charge is -2.57. The maximum absolute atomic E-state index is 6.15. The van der Waals surface area contributed by atoms with Gasteiger partial charge in [0.25, 0.3) is 0 Å². The Morgan fingerprint density at radius 1 is 1.43 bits per heavy atom. The average molecular weight is 198 g/mol. The number of hydrogen-bond donors (Lipinski definition) is 2. The quantitative estimate of drug-likeness (QED) is 0.708. The van der Waals surface area contributed by atoms with Crippen LogP contribution >= 0.6 is 0 Å². The van der Waals surface area contributed by atoms with E-state index in [9.17, 15) is 0 Å². The summed E-state index contributed by atoms with van der Waals surface area (Å²) in [5, 5.41) is 3.62. The first-order valence-corrected chi connectivity index (χ1v) is 5.86. The smallest absolute Gasteiger partial charge is 0.0472 e. The zero-order chi connectivity index (χ0) is 10.0. The number of hydrogen-bond acceptors (Lipinski definition) is 3. The largest absolute Gasteiger partial charge is 0.381 e. The summed E-state index contributed by atoms with van der Waals surface area (Å²) in [5.41, 5.74) is 6.52. The van der Waals surface area contributed by atoms with Gasteiger partial charge in [0.1, 0.15) is 0 Å². The third-order valence-corrected chi connectivity index (χ3v) is 3.99. The Morgan fingerprint density at radius 2 is 2.14 bits per heavy atom. The molecule has 1 saturated carbocycles. The first-order valence-electron chi connectivity index (χ1n) is 5.86. The van der Waals surface area contributed by atoms with Gasteiger partial charge in [-0.25, -0.2) is 0 Å². The minimum atomic E-state index is 0.368. The Labute approximate surface area is 86.4 Å². The van der Waals surface area contributed by atoms with Crippen LogP contribution in [0.4, 0.5) is 0 Å². The summed E-state index contributed by atoms with van der Waals surface area (Å²) < 4.78 is 5.42. The molecule has 1 aliphatic carbocycles. The summed E-state index contributed by atoms with van der Waals surface area (Å²) in [5.74, 6) is 0. The zero-order valence-corrected chi connectivity index (χ0v) is 9.09. The summed E-state index contributed by atoms with van der Waals surface area (Å²) in [6.07, 6.45) is 4.66. The van der Waals surface area contributed by atoms with Crippen LogP contribution in [0.25, 0.3) is 0 Å². The van der Waals surface area contributed by atoms with Crippen molar-refractivity contribution in [2.24, 2.45) is 11.1 Å². The van der Waals surface area contributed by atoms with Crippen LogP contribution in [0.15, 0.2) is 0 Å². The van der Waals surface area contributed by atoms with Crippen molar-refractivity contribution in [2.75, 3.05) is 19.8 Å². The van der Waals surface area contributed by atoms with Gasteiger partial charge in [-0.3, -0.25) is 0 Å². The summed E-state index contributed by atoms with van der Waals surface area (Å²) >= 11 is 0. The van der Waals surface area contributed by atoms with Crippen molar-refractivity contribution in [2.45, 2.75) is 44.7 Å². The summed E-state index contributed by atoms with van der Waals surface area (Å²) in [6.45, 7) is 5.14. The first-order chi connectivity index (χ1) is 6.79. The monoisotopic (exact) mass is 198 g/mol. The van der Waals surface area contributed by atoms with Gasteiger partial charge in [0.2, 0.25) is 0 Å². The number of rotatable bonds is 3.